The highest BCUT2D eigenvalue weighted by Gasteiger charge is 2.11. The van der Waals surface area contributed by atoms with Crippen LogP contribution in [-0.2, 0) is 4.79 Å². The number of aryl methyl sites for hydroxylation is 1. The number of Topliss-reactive ketones (excluding diaryl/α,β-unsaturated/α-hetero) is 1. The topological polar surface area (TPSA) is 29.5 Å². The molecule has 0 aliphatic heterocycles. The van der Waals surface area contributed by atoms with E-state index in [1.807, 2.05) is 24.9 Å². The van der Waals surface area contributed by atoms with Crippen molar-refractivity contribution in [3.8, 4) is 5.75 Å². The molecule has 17 heavy (non-hydrogen) atoms. The van der Waals surface area contributed by atoms with Crippen LogP contribution in [0.2, 0.25) is 5.02 Å². The van der Waals surface area contributed by atoms with Gasteiger partial charge < -0.3 is 9.64 Å². The summed E-state index contributed by atoms with van der Waals surface area (Å²) in [6, 6.07) is 3.78. The monoisotopic (exact) mass is 255 g/mol. The Labute approximate surface area is 107 Å². The number of ketones is 1. The van der Waals surface area contributed by atoms with Gasteiger partial charge in [-0.2, -0.15) is 0 Å². The molecule has 0 amide bonds. The summed E-state index contributed by atoms with van der Waals surface area (Å²) in [5.41, 5.74) is 1.95. The number of hydrogen-bond acceptors (Lipinski definition) is 3. The molecule has 0 aromatic heterocycles. The zero-order valence-corrected chi connectivity index (χ0v) is 11.5. The van der Waals surface area contributed by atoms with Gasteiger partial charge in [0.25, 0.3) is 0 Å². The van der Waals surface area contributed by atoms with E-state index in [9.17, 15) is 4.79 Å². The zero-order valence-electron chi connectivity index (χ0n) is 10.7. The fraction of sp³-hybridized carbons (Fsp3) is 0.462. The van der Waals surface area contributed by atoms with Crippen molar-refractivity contribution in [2.24, 2.45) is 0 Å². The van der Waals surface area contributed by atoms with Crippen LogP contribution < -0.4 is 9.64 Å². The first-order chi connectivity index (χ1) is 7.95. The molecule has 3 nitrogen and oxygen atoms in total. The van der Waals surface area contributed by atoms with Gasteiger partial charge in [-0.05, 0) is 25.5 Å². The summed E-state index contributed by atoms with van der Waals surface area (Å²) in [5.74, 6) is 0.910. The molecular formula is C13H18ClNO2. The van der Waals surface area contributed by atoms with Crippen LogP contribution in [0.15, 0.2) is 12.1 Å². The van der Waals surface area contributed by atoms with Crippen LogP contribution in [0.4, 0.5) is 5.69 Å². The van der Waals surface area contributed by atoms with Crippen LogP contribution in [-0.4, -0.2) is 26.5 Å². The molecular weight excluding hydrogens is 238 g/mol. The molecule has 0 N–H and O–H groups in total. The fourth-order valence-corrected chi connectivity index (χ4v) is 1.71. The molecule has 1 aromatic rings. The molecule has 0 fully saturated rings. The highest BCUT2D eigenvalue weighted by molar-refractivity contribution is 6.31. The molecule has 0 unspecified atom stereocenters. The number of carbonyl (C=O) groups excluding carboxylic acids is 1. The molecule has 0 aliphatic carbocycles. The third kappa shape index (κ3) is 3.63. The molecule has 0 aliphatic rings. The van der Waals surface area contributed by atoms with Gasteiger partial charge in [0.05, 0.1) is 12.8 Å². The molecule has 4 heteroatoms. The van der Waals surface area contributed by atoms with Gasteiger partial charge in [-0.3, -0.25) is 4.79 Å². The highest BCUT2D eigenvalue weighted by Crippen LogP contribution is 2.33. The minimum atomic E-state index is 0.182. The number of methoxy groups -OCH3 is 1. The Kier molecular flexibility index (Phi) is 4.82. The van der Waals surface area contributed by atoms with Crippen molar-refractivity contribution in [2.45, 2.75) is 20.3 Å². The summed E-state index contributed by atoms with van der Waals surface area (Å²) < 4.78 is 5.30. The second kappa shape index (κ2) is 5.92. The van der Waals surface area contributed by atoms with Crippen molar-refractivity contribution in [2.75, 3.05) is 25.6 Å². The third-order valence-electron chi connectivity index (χ3n) is 2.67. The van der Waals surface area contributed by atoms with Crippen LogP contribution in [0.25, 0.3) is 0 Å². The van der Waals surface area contributed by atoms with Gasteiger partial charge in [0.15, 0.2) is 0 Å². The van der Waals surface area contributed by atoms with Gasteiger partial charge >= 0.3 is 0 Å². The first-order valence-electron chi connectivity index (χ1n) is 5.50. The van der Waals surface area contributed by atoms with Gasteiger partial charge in [-0.25, -0.2) is 0 Å². The fourth-order valence-electron chi connectivity index (χ4n) is 1.56. The lowest BCUT2D eigenvalue weighted by molar-refractivity contribution is -0.116. The molecule has 0 bridgehead atoms. The summed E-state index contributed by atoms with van der Waals surface area (Å²) in [6.45, 7) is 4.22. The lowest BCUT2D eigenvalue weighted by Gasteiger charge is -2.22. The first kappa shape index (κ1) is 13.8. The van der Waals surface area contributed by atoms with E-state index < -0.39 is 0 Å². The Morgan fingerprint density at radius 1 is 1.47 bits per heavy atom. The summed E-state index contributed by atoms with van der Waals surface area (Å²) in [7, 11) is 3.55. The predicted molar refractivity (Wildman–Crippen MR) is 71.3 cm³/mol. The van der Waals surface area contributed by atoms with E-state index in [-0.39, 0.29) is 5.78 Å². The average Bonchev–Trinajstić information content (AvgIpc) is 2.28. The van der Waals surface area contributed by atoms with E-state index in [1.54, 1.807) is 20.1 Å². The molecule has 0 saturated heterocycles. The Morgan fingerprint density at radius 3 is 2.65 bits per heavy atom. The maximum atomic E-state index is 11.0. The average molecular weight is 256 g/mol. The van der Waals surface area contributed by atoms with E-state index >= 15 is 0 Å². The second-order valence-corrected chi connectivity index (χ2v) is 4.55. The van der Waals surface area contributed by atoms with Crippen LogP contribution in [0, 0.1) is 6.92 Å². The summed E-state index contributed by atoms with van der Waals surface area (Å²) in [6.07, 6.45) is 0.529. The van der Waals surface area contributed by atoms with Crippen LogP contribution in [0.3, 0.4) is 0 Å². The molecule has 0 heterocycles. The van der Waals surface area contributed by atoms with Gasteiger partial charge in [0, 0.05) is 31.1 Å². The number of hydrogen-bond donors (Lipinski definition) is 0. The lowest BCUT2D eigenvalue weighted by Crippen LogP contribution is -2.21. The standard InChI is InChI=1S/C13H18ClNO2/c1-9-7-12(13(17-4)8-11(9)14)15(3)6-5-10(2)16/h7-8H,5-6H2,1-4H3. The molecule has 0 spiro atoms. The number of benzene rings is 1. The maximum Gasteiger partial charge on any atom is 0.143 e. The number of rotatable bonds is 5. The Bertz CT molecular complexity index is 418. The van der Waals surface area contributed by atoms with Crippen molar-refractivity contribution in [3.63, 3.8) is 0 Å². The smallest absolute Gasteiger partial charge is 0.143 e. The largest absolute Gasteiger partial charge is 0.495 e. The minimum Gasteiger partial charge on any atom is -0.495 e. The van der Waals surface area contributed by atoms with E-state index in [1.165, 1.54) is 0 Å². The van der Waals surface area contributed by atoms with Crippen molar-refractivity contribution in [3.05, 3.63) is 22.7 Å². The number of carbonyl (C=O) groups is 1. The van der Waals surface area contributed by atoms with E-state index in [0.29, 0.717) is 18.0 Å². The number of anilines is 1. The molecule has 0 saturated carbocycles. The Balaban J connectivity index is 2.95. The van der Waals surface area contributed by atoms with Crippen molar-refractivity contribution >= 4 is 23.1 Å². The van der Waals surface area contributed by atoms with Crippen molar-refractivity contribution < 1.29 is 9.53 Å². The van der Waals surface area contributed by atoms with Crippen molar-refractivity contribution in [1.29, 1.82) is 0 Å². The predicted octanol–water partition coefficient (Wildman–Crippen LogP) is 3.07. The molecule has 1 aromatic carbocycles. The SMILES string of the molecule is COc1cc(Cl)c(C)cc1N(C)CCC(C)=O. The Morgan fingerprint density at radius 2 is 2.12 bits per heavy atom. The molecule has 0 atom stereocenters. The number of halogens is 1. The summed E-state index contributed by atoms with van der Waals surface area (Å²) in [5, 5.41) is 0.686. The molecule has 0 radical (unpaired) electrons. The maximum absolute atomic E-state index is 11.0. The van der Waals surface area contributed by atoms with Crippen molar-refractivity contribution in [1.82, 2.24) is 0 Å². The summed E-state index contributed by atoms with van der Waals surface area (Å²) >= 11 is 6.04. The van der Waals surface area contributed by atoms with Gasteiger partial charge in [0.2, 0.25) is 0 Å². The van der Waals surface area contributed by atoms with Crippen LogP contribution >= 0.6 is 11.6 Å². The third-order valence-corrected chi connectivity index (χ3v) is 3.08. The van der Waals surface area contributed by atoms with Crippen LogP contribution in [0.5, 0.6) is 5.75 Å². The molecule has 94 valence electrons. The normalized spacial score (nSPS) is 10.2. The van der Waals surface area contributed by atoms with Crippen LogP contribution in [0.1, 0.15) is 18.9 Å². The van der Waals surface area contributed by atoms with Gasteiger partial charge in [-0.1, -0.05) is 11.6 Å². The number of ether oxygens (including phenoxy) is 1. The molecule has 1 rings (SSSR count). The number of nitrogens with zero attached hydrogens (tertiary/aromatic N) is 1. The van der Waals surface area contributed by atoms with Gasteiger partial charge in [-0.15, -0.1) is 0 Å². The van der Waals surface area contributed by atoms with E-state index in [4.69, 9.17) is 16.3 Å². The van der Waals surface area contributed by atoms with Gasteiger partial charge in [0.1, 0.15) is 11.5 Å². The lowest BCUT2D eigenvalue weighted by atomic mass is 10.2. The van der Waals surface area contributed by atoms with E-state index in [2.05, 4.69) is 0 Å². The Hall–Kier alpha value is -1.22. The quantitative estimate of drug-likeness (QED) is 0.810. The first-order valence-corrected chi connectivity index (χ1v) is 5.88. The highest BCUT2D eigenvalue weighted by atomic mass is 35.5. The zero-order chi connectivity index (χ0) is 13.0. The van der Waals surface area contributed by atoms with E-state index in [0.717, 1.165) is 17.0 Å². The minimum absolute atomic E-state index is 0.182. The summed E-state index contributed by atoms with van der Waals surface area (Å²) in [4.78, 5) is 13.0. The second-order valence-electron chi connectivity index (χ2n) is 4.15.